The van der Waals surface area contributed by atoms with Gasteiger partial charge in [0.25, 0.3) is 0 Å². The summed E-state index contributed by atoms with van der Waals surface area (Å²) in [4.78, 5) is 13.8. The van der Waals surface area contributed by atoms with E-state index in [4.69, 9.17) is 5.73 Å². The number of amides is 1. The van der Waals surface area contributed by atoms with Crippen LogP contribution in [0.4, 0.5) is 0 Å². The summed E-state index contributed by atoms with van der Waals surface area (Å²) in [6.07, 6.45) is 5.63. The SMILES string of the molecule is NC1CCC(N2CCCNC(=O)C2)CC1. The van der Waals surface area contributed by atoms with Crippen LogP contribution in [0.3, 0.4) is 0 Å². The Labute approximate surface area is 91.2 Å². The molecule has 0 spiro atoms. The second-order valence-corrected chi connectivity index (χ2v) is 4.74. The molecular formula is C11H21N3O. The maximum absolute atomic E-state index is 11.4. The second-order valence-electron chi connectivity index (χ2n) is 4.74. The number of nitrogens with two attached hydrogens (primary N) is 1. The van der Waals surface area contributed by atoms with Crippen molar-refractivity contribution in [3.8, 4) is 0 Å². The van der Waals surface area contributed by atoms with Crippen LogP contribution in [-0.4, -0.2) is 42.5 Å². The van der Waals surface area contributed by atoms with Crippen LogP contribution in [0.5, 0.6) is 0 Å². The Bertz CT molecular complexity index is 224. The summed E-state index contributed by atoms with van der Waals surface area (Å²) in [5, 5.41) is 2.92. The Balaban J connectivity index is 1.88. The number of nitrogens with one attached hydrogen (secondary N) is 1. The maximum atomic E-state index is 11.4. The summed E-state index contributed by atoms with van der Waals surface area (Å²) in [6.45, 7) is 2.47. The number of hydrogen-bond donors (Lipinski definition) is 2. The third-order valence-corrected chi connectivity index (χ3v) is 3.55. The van der Waals surface area contributed by atoms with Crippen molar-refractivity contribution in [2.24, 2.45) is 5.73 Å². The summed E-state index contributed by atoms with van der Waals surface area (Å²) >= 11 is 0. The monoisotopic (exact) mass is 211 g/mol. The lowest BCUT2D eigenvalue weighted by atomic mass is 9.90. The first-order chi connectivity index (χ1) is 7.25. The van der Waals surface area contributed by atoms with Gasteiger partial charge >= 0.3 is 0 Å². The first kappa shape index (κ1) is 10.9. The highest BCUT2D eigenvalue weighted by atomic mass is 16.2. The first-order valence-electron chi connectivity index (χ1n) is 6.02. The van der Waals surface area contributed by atoms with E-state index in [-0.39, 0.29) is 5.91 Å². The molecule has 1 saturated heterocycles. The molecule has 0 atom stereocenters. The van der Waals surface area contributed by atoms with E-state index in [0.29, 0.717) is 18.6 Å². The van der Waals surface area contributed by atoms with Crippen molar-refractivity contribution in [3.63, 3.8) is 0 Å². The van der Waals surface area contributed by atoms with Crippen molar-refractivity contribution < 1.29 is 4.79 Å². The van der Waals surface area contributed by atoms with Crippen LogP contribution < -0.4 is 11.1 Å². The molecule has 3 N–H and O–H groups in total. The molecule has 1 heterocycles. The number of hydrogen-bond acceptors (Lipinski definition) is 3. The zero-order valence-corrected chi connectivity index (χ0v) is 9.24. The summed E-state index contributed by atoms with van der Waals surface area (Å²) < 4.78 is 0. The van der Waals surface area contributed by atoms with Crippen LogP contribution >= 0.6 is 0 Å². The van der Waals surface area contributed by atoms with Crippen LogP contribution in [0, 0.1) is 0 Å². The predicted octanol–water partition coefficient (Wildman–Crippen LogP) is 0.0782. The highest BCUT2D eigenvalue weighted by Gasteiger charge is 2.26. The van der Waals surface area contributed by atoms with Crippen LogP contribution in [0.1, 0.15) is 32.1 Å². The zero-order valence-electron chi connectivity index (χ0n) is 9.24. The van der Waals surface area contributed by atoms with Gasteiger partial charge in [-0.25, -0.2) is 0 Å². The Morgan fingerprint density at radius 3 is 2.73 bits per heavy atom. The fourth-order valence-corrected chi connectivity index (χ4v) is 2.61. The van der Waals surface area contributed by atoms with E-state index in [1.54, 1.807) is 0 Å². The van der Waals surface area contributed by atoms with Crippen LogP contribution in [-0.2, 0) is 4.79 Å². The molecule has 0 unspecified atom stereocenters. The molecule has 0 aromatic rings. The summed E-state index contributed by atoms with van der Waals surface area (Å²) in [7, 11) is 0. The van der Waals surface area contributed by atoms with E-state index in [2.05, 4.69) is 10.2 Å². The molecule has 1 aliphatic heterocycles. The maximum Gasteiger partial charge on any atom is 0.234 e. The average molecular weight is 211 g/mol. The van der Waals surface area contributed by atoms with Gasteiger partial charge in [-0.3, -0.25) is 9.69 Å². The lowest BCUT2D eigenvalue weighted by molar-refractivity contribution is -0.122. The molecule has 0 bridgehead atoms. The van der Waals surface area contributed by atoms with Crippen LogP contribution in [0.2, 0.25) is 0 Å². The zero-order chi connectivity index (χ0) is 10.7. The largest absolute Gasteiger partial charge is 0.355 e. The first-order valence-corrected chi connectivity index (χ1v) is 6.02. The standard InChI is InChI=1S/C11H21N3O/c12-9-2-4-10(5-3-9)14-7-1-6-13-11(15)8-14/h9-10H,1-8,12H2,(H,13,15). The lowest BCUT2D eigenvalue weighted by Crippen LogP contribution is -2.43. The van der Waals surface area contributed by atoms with Gasteiger partial charge in [0.1, 0.15) is 0 Å². The van der Waals surface area contributed by atoms with E-state index >= 15 is 0 Å². The average Bonchev–Trinajstić information content (AvgIpc) is 2.44. The van der Waals surface area contributed by atoms with Crippen molar-refractivity contribution in [1.82, 2.24) is 10.2 Å². The van der Waals surface area contributed by atoms with E-state index in [1.807, 2.05) is 0 Å². The molecule has 15 heavy (non-hydrogen) atoms. The van der Waals surface area contributed by atoms with Gasteiger partial charge in [0.15, 0.2) is 0 Å². The third-order valence-electron chi connectivity index (χ3n) is 3.55. The Morgan fingerprint density at radius 1 is 1.27 bits per heavy atom. The number of carbonyl (C=O) groups is 1. The molecule has 1 aliphatic carbocycles. The minimum atomic E-state index is 0.183. The highest BCUT2D eigenvalue weighted by molar-refractivity contribution is 5.78. The molecule has 0 aromatic heterocycles. The van der Waals surface area contributed by atoms with E-state index in [9.17, 15) is 4.79 Å². The summed E-state index contributed by atoms with van der Waals surface area (Å²) in [5.41, 5.74) is 5.89. The fraction of sp³-hybridized carbons (Fsp3) is 0.909. The topological polar surface area (TPSA) is 58.4 Å². The molecule has 4 heteroatoms. The van der Waals surface area contributed by atoms with E-state index in [1.165, 1.54) is 0 Å². The molecular weight excluding hydrogens is 190 g/mol. The normalized spacial score (nSPS) is 34.6. The molecule has 2 rings (SSSR count). The van der Waals surface area contributed by atoms with Gasteiger partial charge < -0.3 is 11.1 Å². The Kier molecular flexibility index (Phi) is 3.59. The molecule has 4 nitrogen and oxygen atoms in total. The minimum absolute atomic E-state index is 0.183. The Hall–Kier alpha value is -0.610. The smallest absolute Gasteiger partial charge is 0.234 e. The lowest BCUT2D eigenvalue weighted by Gasteiger charge is -2.34. The summed E-state index contributed by atoms with van der Waals surface area (Å²) in [6, 6.07) is 0.982. The van der Waals surface area contributed by atoms with Crippen molar-refractivity contribution in [2.75, 3.05) is 19.6 Å². The molecule has 2 fully saturated rings. The predicted molar refractivity (Wildman–Crippen MR) is 59.4 cm³/mol. The van der Waals surface area contributed by atoms with Gasteiger partial charge in [-0.15, -0.1) is 0 Å². The summed E-state index contributed by atoms with van der Waals surface area (Å²) in [5.74, 6) is 0.183. The molecule has 1 saturated carbocycles. The van der Waals surface area contributed by atoms with Crippen LogP contribution in [0.25, 0.3) is 0 Å². The van der Waals surface area contributed by atoms with Crippen molar-refractivity contribution in [2.45, 2.75) is 44.2 Å². The Morgan fingerprint density at radius 2 is 2.00 bits per heavy atom. The molecule has 2 aliphatic rings. The van der Waals surface area contributed by atoms with Gasteiger partial charge in [0.05, 0.1) is 6.54 Å². The van der Waals surface area contributed by atoms with E-state index < -0.39 is 0 Å². The van der Waals surface area contributed by atoms with Crippen molar-refractivity contribution in [3.05, 3.63) is 0 Å². The minimum Gasteiger partial charge on any atom is -0.355 e. The van der Waals surface area contributed by atoms with E-state index in [0.717, 1.165) is 45.2 Å². The van der Waals surface area contributed by atoms with Crippen molar-refractivity contribution in [1.29, 1.82) is 0 Å². The van der Waals surface area contributed by atoms with Gasteiger partial charge in [0.2, 0.25) is 5.91 Å². The van der Waals surface area contributed by atoms with Crippen molar-refractivity contribution >= 4 is 5.91 Å². The molecule has 0 aromatic carbocycles. The number of nitrogens with zero attached hydrogens (tertiary/aromatic N) is 1. The van der Waals surface area contributed by atoms with Gasteiger partial charge in [-0.2, -0.15) is 0 Å². The van der Waals surface area contributed by atoms with Crippen LogP contribution in [0.15, 0.2) is 0 Å². The van der Waals surface area contributed by atoms with Gasteiger partial charge in [0, 0.05) is 25.2 Å². The molecule has 1 amide bonds. The molecule has 86 valence electrons. The quantitative estimate of drug-likeness (QED) is 0.645. The second kappa shape index (κ2) is 4.94. The number of rotatable bonds is 1. The van der Waals surface area contributed by atoms with Gasteiger partial charge in [-0.05, 0) is 32.1 Å². The van der Waals surface area contributed by atoms with Gasteiger partial charge in [-0.1, -0.05) is 0 Å². The fourth-order valence-electron chi connectivity index (χ4n) is 2.61. The highest BCUT2D eigenvalue weighted by Crippen LogP contribution is 2.22. The third kappa shape index (κ3) is 2.92. The molecule has 0 radical (unpaired) electrons. The number of carbonyl (C=O) groups excluding carboxylic acids is 1.